The third-order valence-electron chi connectivity index (χ3n) is 8.12. The molecular formula is C29H37N3O5S. The van der Waals surface area contributed by atoms with Gasteiger partial charge in [-0.1, -0.05) is 30.7 Å². The summed E-state index contributed by atoms with van der Waals surface area (Å²) in [4.78, 5) is 27.0. The van der Waals surface area contributed by atoms with Crippen molar-refractivity contribution in [1.82, 2.24) is 4.72 Å². The molecule has 1 saturated heterocycles. The first-order valence-corrected chi connectivity index (χ1v) is 15.3. The zero-order chi connectivity index (χ0) is 26.7. The third kappa shape index (κ3) is 5.73. The van der Waals surface area contributed by atoms with Crippen molar-refractivity contribution in [2.24, 2.45) is 11.8 Å². The Morgan fingerprint density at radius 1 is 0.974 bits per heavy atom. The Labute approximate surface area is 225 Å². The number of carbonyl (C=O) groups is 2. The maximum absolute atomic E-state index is 13.9. The van der Waals surface area contributed by atoms with Crippen molar-refractivity contribution in [2.45, 2.75) is 69.2 Å². The lowest BCUT2D eigenvalue weighted by Gasteiger charge is -2.34. The molecule has 8 nitrogen and oxygen atoms in total. The molecule has 2 aliphatic carbocycles. The van der Waals surface area contributed by atoms with Gasteiger partial charge in [0.2, 0.25) is 15.9 Å². The van der Waals surface area contributed by atoms with E-state index in [0.29, 0.717) is 43.9 Å². The average Bonchev–Trinajstić information content (AvgIpc) is 2.88. The molecule has 5 rings (SSSR count). The van der Waals surface area contributed by atoms with Gasteiger partial charge in [0.1, 0.15) is 4.90 Å². The summed E-state index contributed by atoms with van der Waals surface area (Å²) < 4.78 is 36.1. The van der Waals surface area contributed by atoms with Crippen molar-refractivity contribution in [3.63, 3.8) is 0 Å². The quantitative estimate of drug-likeness (QED) is 0.477. The van der Waals surface area contributed by atoms with Crippen molar-refractivity contribution < 1.29 is 22.7 Å². The largest absolute Gasteiger partial charge is 0.466 e. The van der Waals surface area contributed by atoms with Gasteiger partial charge in [-0.15, -0.1) is 0 Å². The average molecular weight is 540 g/mol. The number of benzene rings is 2. The molecule has 38 heavy (non-hydrogen) atoms. The van der Waals surface area contributed by atoms with Gasteiger partial charge in [0, 0.05) is 30.7 Å². The highest BCUT2D eigenvalue weighted by Gasteiger charge is 2.32. The Morgan fingerprint density at radius 3 is 2.45 bits per heavy atom. The number of hydrogen-bond acceptors (Lipinski definition) is 6. The number of ether oxygens (including phenoxy) is 1. The van der Waals surface area contributed by atoms with Gasteiger partial charge in [-0.25, -0.2) is 13.1 Å². The van der Waals surface area contributed by atoms with Gasteiger partial charge >= 0.3 is 5.97 Å². The maximum Gasteiger partial charge on any atom is 0.309 e. The normalized spacial score (nSPS) is 20.3. The summed E-state index contributed by atoms with van der Waals surface area (Å²) in [5.41, 5.74) is 3.27. The molecule has 1 amide bonds. The molecule has 1 aliphatic heterocycles. The SMILES string of the molecule is CCOC(=O)C1CCN(c2ccc(NC(=O)C3CCC3)cc2S(=O)(=O)NC2CCCc3ccccc32)CC1. The number of carbonyl (C=O) groups excluding carboxylic acids is 2. The zero-order valence-corrected chi connectivity index (χ0v) is 22.8. The highest BCUT2D eigenvalue weighted by Crippen LogP contribution is 2.36. The Kier molecular flexibility index (Phi) is 8.04. The van der Waals surface area contributed by atoms with Gasteiger partial charge in [-0.3, -0.25) is 9.59 Å². The molecule has 2 aromatic carbocycles. The van der Waals surface area contributed by atoms with Gasteiger partial charge in [0.15, 0.2) is 0 Å². The molecule has 1 heterocycles. The molecule has 0 bridgehead atoms. The van der Waals surface area contributed by atoms with Gasteiger partial charge in [0.05, 0.1) is 18.2 Å². The van der Waals surface area contributed by atoms with Gasteiger partial charge in [-0.05, 0) is 81.2 Å². The maximum atomic E-state index is 13.9. The number of nitrogens with one attached hydrogen (secondary N) is 2. The fourth-order valence-corrected chi connectivity index (χ4v) is 7.23. The summed E-state index contributed by atoms with van der Waals surface area (Å²) in [6.07, 6.45) is 6.57. The van der Waals surface area contributed by atoms with Crippen molar-refractivity contribution in [2.75, 3.05) is 29.9 Å². The minimum Gasteiger partial charge on any atom is -0.466 e. The van der Waals surface area contributed by atoms with Crippen LogP contribution in [0.25, 0.3) is 0 Å². The summed E-state index contributed by atoms with van der Waals surface area (Å²) in [6.45, 7) is 3.25. The number of rotatable bonds is 8. The first-order valence-electron chi connectivity index (χ1n) is 13.8. The monoisotopic (exact) mass is 539 g/mol. The molecule has 9 heteroatoms. The molecule has 2 N–H and O–H groups in total. The number of hydrogen-bond donors (Lipinski definition) is 2. The predicted octanol–water partition coefficient (Wildman–Crippen LogP) is 4.56. The van der Waals surface area contributed by atoms with E-state index in [1.807, 2.05) is 23.1 Å². The number of nitrogens with zero attached hydrogens (tertiary/aromatic N) is 1. The molecule has 0 aromatic heterocycles. The minimum absolute atomic E-state index is 0.00602. The van der Waals surface area contributed by atoms with Crippen molar-refractivity contribution in [1.29, 1.82) is 0 Å². The summed E-state index contributed by atoms with van der Waals surface area (Å²) in [5, 5.41) is 2.93. The molecule has 1 unspecified atom stereocenters. The molecule has 0 radical (unpaired) electrons. The fraction of sp³-hybridized carbons (Fsp3) is 0.517. The number of fused-ring (bicyclic) bond motifs is 1. The van der Waals surface area contributed by atoms with E-state index in [1.54, 1.807) is 25.1 Å². The third-order valence-corrected chi connectivity index (χ3v) is 9.62. The van der Waals surface area contributed by atoms with Crippen molar-refractivity contribution in [3.8, 4) is 0 Å². The van der Waals surface area contributed by atoms with E-state index in [2.05, 4.69) is 16.1 Å². The number of amides is 1. The molecule has 204 valence electrons. The summed E-state index contributed by atoms with van der Waals surface area (Å²) in [6, 6.07) is 12.8. The van der Waals surface area contributed by atoms with Crippen LogP contribution in [0.4, 0.5) is 11.4 Å². The topological polar surface area (TPSA) is 105 Å². The molecule has 0 spiro atoms. The second-order valence-corrected chi connectivity index (χ2v) is 12.3. The van der Waals surface area contributed by atoms with Gasteiger partial charge in [-0.2, -0.15) is 0 Å². The van der Waals surface area contributed by atoms with Crippen LogP contribution < -0.4 is 14.9 Å². The summed E-state index contributed by atoms with van der Waals surface area (Å²) in [5.74, 6) is -0.430. The lowest BCUT2D eigenvalue weighted by atomic mass is 9.85. The van der Waals surface area contributed by atoms with E-state index in [-0.39, 0.29) is 34.6 Å². The zero-order valence-electron chi connectivity index (χ0n) is 21.9. The van der Waals surface area contributed by atoms with Crippen LogP contribution >= 0.6 is 0 Å². The standard InChI is InChI=1S/C29H37N3O5S/c1-2-37-29(34)22-15-17-32(18-16-22)26-14-13-23(30-28(33)21-9-5-10-21)19-27(26)38(35,36)31-25-12-6-8-20-7-3-4-11-24(20)25/h3-4,7,11,13-14,19,21-22,25,31H,2,5-6,8-10,12,15-18H2,1H3,(H,30,33). The van der Waals surface area contributed by atoms with Crippen LogP contribution in [-0.4, -0.2) is 40.0 Å². The van der Waals surface area contributed by atoms with Crippen LogP contribution in [0.2, 0.25) is 0 Å². The van der Waals surface area contributed by atoms with Crippen LogP contribution in [-0.2, 0) is 30.8 Å². The number of sulfonamides is 1. The minimum atomic E-state index is -3.93. The second-order valence-electron chi connectivity index (χ2n) is 10.6. The first-order chi connectivity index (χ1) is 18.4. The van der Waals surface area contributed by atoms with Crippen LogP contribution in [0.5, 0.6) is 0 Å². The van der Waals surface area contributed by atoms with E-state index in [9.17, 15) is 18.0 Å². The molecule has 2 aromatic rings. The highest BCUT2D eigenvalue weighted by molar-refractivity contribution is 7.89. The van der Waals surface area contributed by atoms with Crippen LogP contribution in [0, 0.1) is 11.8 Å². The number of piperidine rings is 1. The van der Waals surface area contributed by atoms with Crippen molar-refractivity contribution >= 4 is 33.3 Å². The Hall–Kier alpha value is -2.91. The Bertz CT molecular complexity index is 1280. The first kappa shape index (κ1) is 26.7. The van der Waals surface area contributed by atoms with E-state index in [4.69, 9.17) is 4.74 Å². The number of anilines is 2. The van der Waals surface area contributed by atoms with Crippen LogP contribution in [0.1, 0.15) is 69.0 Å². The van der Waals surface area contributed by atoms with Gasteiger partial charge < -0.3 is 15.0 Å². The molecule has 1 atom stereocenters. The summed E-state index contributed by atoms with van der Waals surface area (Å²) >= 11 is 0. The second kappa shape index (κ2) is 11.5. The van der Waals surface area contributed by atoms with Crippen LogP contribution in [0.3, 0.4) is 0 Å². The lowest BCUT2D eigenvalue weighted by Crippen LogP contribution is -2.38. The van der Waals surface area contributed by atoms with E-state index in [0.717, 1.165) is 44.1 Å². The van der Waals surface area contributed by atoms with E-state index >= 15 is 0 Å². The molecule has 2 fully saturated rings. The van der Waals surface area contributed by atoms with Crippen molar-refractivity contribution in [3.05, 3.63) is 53.6 Å². The summed E-state index contributed by atoms with van der Waals surface area (Å²) in [7, 11) is -3.93. The van der Waals surface area contributed by atoms with E-state index < -0.39 is 10.0 Å². The van der Waals surface area contributed by atoms with Crippen LogP contribution in [0.15, 0.2) is 47.4 Å². The predicted molar refractivity (Wildman–Crippen MR) is 146 cm³/mol. The number of aryl methyl sites for hydroxylation is 1. The van der Waals surface area contributed by atoms with E-state index in [1.165, 1.54) is 5.56 Å². The Morgan fingerprint density at radius 2 is 1.74 bits per heavy atom. The Balaban J connectivity index is 1.42. The highest BCUT2D eigenvalue weighted by atomic mass is 32.2. The fourth-order valence-electron chi connectivity index (χ4n) is 5.73. The molecule has 1 saturated carbocycles. The van der Waals surface area contributed by atoms with Gasteiger partial charge in [0.25, 0.3) is 0 Å². The smallest absolute Gasteiger partial charge is 0.309 e. The number of esters is 1. The molecular weight excluding hydrogens is 502 g/mol. The molecule has 3 aliphatic rings. The lowest BCUT2D eigenvalue weighted by molar-refractivity contribution is -0.148.